The molecule has 0 fully saturated rings. The van der Waals surface area contributed by atoms with Gasteiger partial charge in [-0.05, 0) is 18.9 Å². The summed E-state index contributed by atoms with van der Waals surface area (Å²) in [7, 11) is 0. The van der Waals surface area contributed by atoms with Crippen molar-refractivity contribution in [1.82, 2.24) is 4.98 Å². The van der Waals surface area contributed by atoms with Gasteiger partial charge in [-0.1, -0.05) is 37.3 Å². The van der Waals surface area contributed by atoms with Gasteiger partial charge in [0.05, 0.1) is 10.7 Å². The Balaban J connectivity index is 2.06. The van der Waals surface area contributed by atoms with Gasteiger partial charge in [-0.2, -0.15) is 0 Å². The van der Waals surface area contributed by atoms with E-state index < -0.39 is 0 Å². The van der Waals surface area contributed by atoms with Crippen LogP contribution in [0.3, 0.4) is 0 Å². The zero-order valence-corrected chi connectivity index (χ0v) is 10.9. The van der Waals surface area contributed by atoms with Gasteiger partial charge in [-0.3, -0.25) is 0 Å². The van der Waals surface area contributed by atoms with Crippen molar-refractivity contribution in [2.45, 2.75) is 19.8 Å². The van der Waals surface area contributed by atoms with Crippen molar-refractivity contribution in [3.05, 3.63) is 40.7 Å². The van der Waals surface area contributed by atoms with Crippen molar-refractivity contribution >= 4 is 11.3 Å². The van der Waals surface area contributed by atoms with Crippen LogP contribution in [0.25, 0.3) is 11.3 Å². The van der Waals surface area contributed by atoms with E-state index in [-0.39, 0.29) is 0 Å². The first-order chi connectivity index (χ1) is 8.29. The molecule has 3 heteroatoms. The van der Waals surface area contributed by atoms with Crippen molar-refractivity contribution < 1.29 is 0 Å². The van der Waals surface area contributed by atoms with Crippen LogP contribution in [0.1, 0.15) is 18.4 Å². The molecule has 0 aliphatic heterocycles. The van der Waals surface area contributed by atoms with Gasteiger partial charge in [0.25, 0.3) is 0 Å². The van der Waals surface area contributed by atoms with Crippen LogP contribution >= 0.6 is 11.3 Å². The van der Waals surface area contributed by atoms with Gasteiger partial charge >= 0.3 is 0 Å². The van der Waals surface area contributed by atoms with Crippen LogP contribution in [0.4, 0.5) is 0 Å². The number of benzene rings is 1. The van der Waals surface area contributed by atoms with Crippen LogP contribution in [0.2, 0.25) is 0 Å². The molecule has 2 rings (SSSR count). The minimum absolute atomic E-state index is 0.620. The van der Waals surface area contributed by atoms with Gasteiger partial charge in [0.15, 0.2) is 0 Å². The van der Waals surface area contributed by atoms with Gasteiger partial charge in [-0.15, -0.1) is 11.3 Å². The maximum absolute atomic E-state index is 5.56. The second-order valence-electron chi connectivity index (χ2n) is 4.38. The fourth-order valence-electron chi connectivity index (χ4n) is 1.83. The highest BCUT2D eigenvalue weighted by atomic mass is 32.1. The largest absolute Gasteiger partial charge is 0.330 e. The Morgan fingerprint density at radius 1 is 1.29 bits per heavy atom. The molecule has 0 amide bonds. The lowest BCUT2D eigenvalue weighted by molar-refractivity contribution is 0.537. The molecule has 0 radical (unpaired) electrons. The molecule has 2 nitrogen and oxygen atoms in total. The molecule has 1 aromatic heterocycles. The first-order valence-electron chi connectivity index (χ1n) is 5.99. The summed E-state index contributed by atoms with van der Waals surface area (Å²) >= 11 is 1.75. The standard InChI is InChI=1S/C14H18N2S/c1-11(7-8-15)9-14-16-13(10-17-14)12-5-3-2-4-6-12/h2-6,10-11H,7-9,15H2,1H3. The second-order valence-corrected chi connectivity index (χ2v) is 5.32. The van der Waals surface area contributed by atoms with E-state index in [0.29, 0.717) is 5.92 Å². The molecular formula is C14H18N2S. The molecule has 17 heavy (non-hydrogen) atoms. The number of nitrogens with zero attached hydrogens (tertiary/aromatic N) is 1. The Kier molecular flexibility index (Phi) is 4.29. The summed E-state index contributed by atoms with van der Waals surface area (Å²) in [6, 6.07) is 10.3. The molecule has 0 spiro atoms. The summed E-state index contributed by atoms with van der Waals surface area (Å²) in [6.45, 7) is 2.99. The van der Waals surface area contributed by atoms with Crippen LogP contribution in [-0.2, 0) is 6.42 Å². The highest BCUT2D eigenvalue weighted by Crippen LogP contribution is 2.23. The molecule has 1 heterocycles. The van der Waals surface area contributed by atoms with Gasteiger partial charge < -0.3 is 5.73 Å². The van der Waals surface area contributed by atoms with Crippen molar-refractivity contribution in [2.24, 2.45) is 11.7 Å². The summed E-state index contributed by atoms with van der Waals surface area (Å²) in [5.74, 6) is 0.620. The van der Waals surface area contributed by atoms with Crippen molar-refractivity contribution in [1.29, 1.82) is 0 Å². The number of hydrogen-bond donors (Lipinski definition) is 1. The van der Waals surface area contributed by atoms with Crippen LogP contribution in [0, 0.1) is 5.92 Å². The van der Waals surface area contributed by atoms with E-state index in [0.717, 1.165) is 25.1 Å². The molecule has 2 aromatic rings. The zero-order valence-electron chi connectivity index (χ0n) is 10.1. The quantitative estimate of drug-likeness (QED) is 0.878. The Labute approximate surface area is 107 Å². The smallest absolute Gasteiger partial charge is 0.0935 e. The number of aromatic nitrogens is 1. The van der Waals surface area contributed by atoms with E-state index in [4.69, 9.17) is 5.73 Å². The van der Waals surface area contributed by atoms with E-state index in [2.05, 4.69) is 29.4 Å². The molecule has 90 valence electrons. The lowest BCUT2D eigenvalue weighted by Gasteiger charge is -2.06. The summed E-state index contributed by atoms with van der Waals surface area (Å²) in [5, 5.41) is 3.35. The summed E-state index contributed by atoms with van der Waals surface area (Å²) < 4.78 is 0. The maximum Gasteiger partial charge on any atom is 0.0935 e. The lowest BCUT2D eigenvalue weighted by Crippen LogP contribution is -2.07. The molecular weight excluding hydrogens is 228 g/mol. The van der Waals surface area contributed by atoms with E-state index in [1.165, 1.54) is 10.6 Å². The number of hydrogen-bond acceptors (Lipinski definition) is 3. The highest BCUT2D eigenvalue weighted by Gasteiger charge is 2.08. The zero-order chi connectivity index (χ0) is 12.1. The summed E-state index contributed by atoms with van der Waals surface area (Å²) in [6.07, 6.45) is 2.11. The number of nitrogens with two attached hydrogens (primary N) is 1. The number of rotatable bonds is 5. The predicted octanol–water partition coefficient (Wildman–Crippen LogP) is 3.34. The van der Waals surface area contributed by atoms with Crippen LogP contribution < -0.4 is 5.73 Å². The second kappa shape index (κ2) is 5.94. The first-order valence-corrected chi connectivity index (χ1v) is 6.87. The Hall–Kier alpha value is -1.19. The molecule has 1 aromatic carbocycles. The lowest BCUT2D eigenvalue weighted by atomic mass is 10.1. The third-order valence-corrected chi connectivity index (χ3v) is 3.67. The predicted molar refractivity (Wildman–Crippen MR) is 74.1 cm³/mol. The van der Waals surface area contributed by atoms with Crippen molar-refractivity contribution in [2.75, 3.05) is 6.54 Å². The Morgan fingerprint density at radius 2 is 2.06 bits per heavy atom. The normalized spacial score (nSPS) is 12.6. The van der Waals surface area contributed by atoms with E-state index >= 15 is 0 Å². The van der Waals surface area contributed by atoms with E-state index in [9.17, 15) is 0 Å². The number of thiazole rings is 1. The average molecular weight is 246 g/mol. The monoisotopic (exact) mass is 246 g/mol. The minimum Gasteiger partial charge on any atom is -0.330 e. The maximum atomic E-state index is 5.56. The molecule has 2 N–H and O–H groups in total. The molecule has 1 atom stereocenters. The van der Waals surface area contributed by atoms with Gasteiger partial charge in [0, 0.05) is 17.4 Å². The summed E-state index contributed by atoms with van der Waals surface area (Å²) in [4.78, 5) is 4.68. The van der Waals surface area contributed by atoms with Gasteiger partial charge in [-0.25, -0.2) is 4.98 Å². The highest BCUT2D eigenvalue weighted by molar-refractivity contribution is 7.09. The third kappa shape index (κ3) is 3.38. The van der Waals surface area contributed by atoms with Crippen LogP contribution in [-0.4, -0.2) is 11.5 Å². The topological polar surface area (TPSA) is 38.9 Å². The molecule has 0 bridgehead atoms. The van der Waals surface area contributed by atoms with Crippen LogP contribution in [0.15, 0.2) is 35.7 Å². The SMILES string of the molecule is CC(CCN)Cc1nc(-c2ccccc2)cs1. The van der Waals surface area contributed by atoms with E-state index in [1.54, 1.807) is 11.3 Å². The van der Waals surface area contributed by atoms with Crippen molar-refractivity contribution in [3.8, 4) is 11.3 Å². The molecule has 0 aliphatic rings. The van der Waals surface area contributed by atoms with Crippen LogP contribution in [0.5, 0.6) is 0 Å². The molecule has 0 saturated heterocycles. The van der Waals surface area contributed by atoms with Gasteiger partial charge in [0.2, 0.25) is 0 Å². The molecule has 0 aliphatic carbocycles. The molecule has 1 unspecified atom stereocenters. The van der Waals surface area contributed by atoms with Crippen molar-refractivity contribution in [3.63, 3.8) is 0 Å². The molecule has 0 saturated carbocycles. The first kappa shape index (κ1) is 12.3. The average Bonchev–Trinajstić information content (AvgIpc) is 2.79. The van der Waals surface area contributed by atoms with E-state index in [1.807, 2.05) is 18.2 Å². The summed E-state index contributed by atoms with van der Waals surface area (Å²) in [5.41, 5.74) is 7.85. The Bertz CT molecular complexity index is 450. The van der Waals surface area contributed by atoms with Gasteiger partial charge in [0.1, 0.15) is 0 Å². The minimum atomic E-state index is 0.620. The third-order valence-electron chi connectivity index (χ3n) is 2.80. The fourth-order valence-corrected chi connectivity index (χ4v) is 2.80. The fraction of sp³-hybridized carbons (Fsp3) is 0.357. The Morgan fingerprint density at radius 3 is 2.76 bits per heavy atom.